The number of benzene rings is 1. The van der Waals surface area contributed by atoms with Crippen LogP contribution in [-0.2, 0) is 22.6 Å². The van der Waals surface area contributed by atoms with Gasteiger partial charge in [0.25, 0.3) is 5.91 Å². The molecule has 1 fully saturated rings. The first-order valence-electron chi connectivity index (χ1n) is 12.3. The summed E-state index contributed by atoms with van der Waals surface area (Å²) < 4.78 is 15.6. The molecule has 0 aliphatic heterocycles. The number of rotatable bonds is 5. The van der Waals surface area contributed by atoms with Gasteiger partial charge in [0.15, 0.2) is 11.4 Å². The van der Waals surface area contributed by atoms with Crippen molar-refractivity contribution in [1.29, 1.82) is 0 Å². The van der Waals surface area contributed by atoms with Crippen molar-refractivity contribution in [3.8, 4) is 5.75 Å². The molecule has 4 atom stereocenters. The second-order valence-electron chi connectivity index (χ2n) is 10.7. The number of likely N-dealkylation sites (N-methyl/N-ethyl adjacent to an activating group) is 1. The standard InChI is InChI=1S/C26H30FN3O7/c1-30(2)20-14-7-10-6-13-17(15(31)8-11(19(13)27)9-29-12-4-3-5-12)21(32)16(10)23(34)26(14,37)24(35)18(22(20)33)25(28)36/h8,10,12,14,20,29,31,33-34,37H,3-7,9H2,1-2H3,(H2,28,36)/t10-,14-,20-,26-/m0/s1. The number of nitrogens with zero attached hydrogens (tertiary/aromatic N) is 1. The van der Waals surface area contributed by atoms with Crippen LogP contribution in [0, 0.1) is 17.7 Å². The Morgan fingerprint density at radius 1 is 1.24 bits per heavy atom. The number of halogens is 1. The Hall–Kier alpha value is -3.28. The van der Waals surface area contributed by atoms with Gasteiger partial charge in [0.1, 0.15) is 28.7 Å². The van der Waals surface area contributed by atoms with E-state index >= 15 is 4.39 Å². The molecule has 7 N–H and O–H groups in total. The molecule has 0 bridgehead atoms. The molecule has 10 nitrogen and oxygen atoms in total. The summed E-state index contributed by atoms with van der Waals surface area (Å²) in [7, 11) is 3.10. The van der Waals surface area contributed by atoms with Crippen molar-refractivity contribution in [2.75, 3.05) is 14.1 Å². The van der Waals surface area contributed by atoms with Crippen LogP contribution < -0.4 is 11.1 Å². The van der Waals surface area contributed by atoms with Crippen molar-refractivity contribution in [1.82, 2.24) is 10.2 Å². The smallest absolute Gasteiger partial charge is 0.255 e. The summed E-state index contributed by atoms with van der Waals surface area (Å²) >= 11 is 0. The Morgan fingerprint density at radius 2 is 1.92 bits per heavy atom. The maximum absolute atomic E-state index is 15.6. The highest BCUT2D eigenvalue weighted by Gasteiger charge is 2.63. The second-order valence-corrected chi connectivity index (χ2v) is 10.7. The largest absolute Gasteiger partial charge is 0.510 e. The van der Waals surface area contributed by atoms with E-state index in [0.717, 1.165) is 19.3 Å². The van der Waals surface area contributed by atoms with Crippen molar-refractivity contribution >= 4 is 17.5 Å². The zero-order valence-electron chi connectivity index (χ0n) is 20.5. The highest BCUT2D eigenvalue weighted by Crippen LogP contribution is 2.52. The van der Waals surface area contributed by atoms with Crippen LogP contribution in [0.2, 0.25) is 0 Å². The van der Waals surface area contributed by atoms with Gasteiger partial charge in [-0.3, -0.25) is 19.3 Å². The number of phenols is 1. The average molecular weight is 516 g/mol. The second kappa shape index (κ2) is 8.64. The summed E-state index contributed by atoms with van der Waals surface area (Å²) in [5.74, 6) is -8.18. The van der Waals surface area contributed by atoms with Gasteiger partial charge < -0.3 is 31.5 Å². The number of aliphatic hydroxyl groups excluding tert-OH is 2. The molecule has 4 aliphatic carbocycles. The van der Waals surface area contributed by atoms with Gasteiger partial charge >= 0.3 is 0 Å². The molecule has 4 aliphatic rings. The van der Waals surface area contributed by atoms with Gasteiger partial charge in [-0.2, -0.15) is 0 Å². The summed E-state index contributed by atoms with van der Waals surface area (Å²) in [5, 5.41) is 47.5. The minimum Gasteiger partial charge on any atom is -0.510 e. The average Bonchev–Trinajstić information content (AvgIpc) is 2.77. The molecule has 0 heterocycles. The van der Waals surface area contributed by atoms with Crippen LogP contribution in [0.15, 0.2) is 28.7 Å². The molecule has 0 spiro atoms. The van der Waals surface area contributed by atoms with Gasteiger partial charge in [0.2, 0.25) is 5.78 Å². The van der Waals surface area contributed by atoms with Gasteiger partial charge in [-0.05, 0) is 51.8 Å². The summed E-state index contributed by atoms with van der Waals surface area (Å²) in [5.41, 5.74) is 1.31. The van der Waals surface area contributed by atoms with Crippen molar-refractivity contribution in [2.45, 2.75) is 56.3 Å². The molecule has 1 aromatic carbocycles. The van der Waals surface area contributed by atoms with E-state index in [-0.39, 0.29) is 47.7 Å². The van der Waals surface area contributed by atoms with Crippen LogP contribution in [-0.4, -0.2) is 74.6 Å². The monoisotopic (exact) mass is 515 g/mol. The normalized spacial score (nSPS) is 29.7. The first kappa shape index (κ1) is 25.4. The molecule has 0 aromatic heterocycles. The number of phenolic OH excluding ortho intramolecular Hbond substituents is 1. The van der Waals surface area contributed by atoms with E-state index in [1.54, 1.807) is 14.1 Å². The molecule has 0 unspecified atom stereocenters. The Balaban J connectivity index is 1.62. The maximum atomic E-state index is 15.6. The van der Waals surface area contributed by atoms with Crippen molar-refractivity contribution in [3.05, 3.63) is 51.2 Å². The van der Waals surface area contributed by atoms with Gasteiger partial charge in [0.05, 0.1) is 11.6 Å². The summed E-state index contributed by atoms with van der Waals surface area (Å²) in [4.78, 5) is 40.3. The third kappa shape index (κ3) is 3.52. The summed E-state index contributed by atoms with van der Waals surface area (Å²) in [6.07, 6.45) is 2.91. The first-order valence-corrected chi connectivity index (χ1v) is 12.3. The fourth-order valence-corrected chi connectivity index (χ4v) is 6.35. The van der Waals surface area contributed by atoms with Crippen LogP contribution >= 0.6 is 0 Å². The first-order chi connectivity index (χ1) is 17.4. The predicted molar refractivity (Wildman–Crippen MR) is 128 cm³/mol. The highest BCUT2D eigenvalue weighted by molar-refractivity contribution is 6.24. The lowest BCUT2D eigenvalue weighted by Gasteiger charge is -2.50. The molecule has 1 amide bonds. The lowest BCUT2D eigenvalue weighted by Crippen LogP contribution is -2.63. The van der Waals surface area contributed by atoms with Gasteiger partial charge in [-0.25, -0.2) is 4.39 Å². The zero-order chi connectivity index (χ0) is 27.0. The van der Waals surface area contributed by atoms with E-state index in [9.17, 15) is 34.8 Å². The number of aliphatic hydroxyl groups is 3. The van der Waals surface area contributed by atoms with E-state index < -0.39 is 69.6 Å². The number of carbonyl (C=O) groups excluding carboxylic acids is 3. The van der Waals surface area contributed by atoms with Gasteiger partial charge in [-0.1, -0.05) is 6.42 Å². The lowest BCUT2D eigenvalue weighted by molar-refractivity contribution is -0.148. The van der Waals surface area contributed by atoms with Crippen molar-refractivity contribution < 1.29 is 39.2 Å². The van der Waals surface area contributed by atoms with E-state index in [1.165, 1.54) is 11.0 Å². The molecule has 11 heteroatoms. The number of aromatic hydroxyl groups is 1. The number of nitrogens with two attached hydrogens (primary N) is 1. The molecule has 0 saturated heterocycles. The van der Waals surface area contributed by atoms with E-state index in [0.29, 0.717) is 0 Å². The third-order valence-corrected chi connectivity index (χ3v) is 8.42. The number of nitrogens with one attached hydrogen (secondary N) is 1. The summed E-state index contributed by atoms with van der Waals surface area (Å²) in [6, 6.07) is 0.358. The molecule has 37 heavy (non-hydrogen) atoms. The van der Waals surface area contributed by atoms with Crippen LogP contribution in [0.25, 0.3) is 0 Å². The number of primary amides is 1. The Kier molecular flexibility index (Phi) is 5.93. The zero-order valence-corrected chi connectivity index (χ0v) is 20.5. The fourth-order valence-electron chi connectivity index (χ4n) is 6.35. The van der Waals surface area contributed by atoms with Crippen LogP contribution in [0.4, 0.5) is 4.39 Å². The highest BCUT2D eigenvalue weighted by atomic mass is 19.1. The molecule has 1 saturated carbocycles. The topological polar surface area (TPSA) is 173 Å². The number of hydrogen-bond donors (Lipinski definition) is 6. The number of hydrogen-bond acceptors (Lipinski definition) is 9. The van der Waals surface area contributed by atoms with Crippen LogP contribution in [0.1, 0.15) is 47.2 Å². The molecule has 1 aromatic rings. The number of ketones is 2. The van der Waals surface area contributed by atoms with Crippen molar-refractivity contribution in [3.63, 3.8) is 0 Å². The quantitative estimate of drug-likeness (QED) is 0.312. The lowest BCUT2D eigenvalue weighted by atomic mass is 9.58. The number of fused-ring (bicyclic) bond motifs is 3. The molecule has 5 rings (SSSR count). The van der Waals surface area contributed by atoms with E-state index in [4.69, 9.17) is 5.73 Å². The van der Waals surface area contributed by atoms with Crippen LogP contribution in [0.5, 0.6) is 5.75 Å². The minimum atomic E-state index is -2.72. The molecule has 198 valence electrons. The number of allylic oxidation sites excluding steroid dienone is 1. The maximum Gasteiger partial charge on any atom is 0.255 e. The van der Waals surface area contributed by atoms with E-state index in [2.05, 4.69) is 5.32 Å². The Bertz CT molecular complexity index is 1300. The Labute approximate surface area is 212 Å². The minimum absolute atomic E-state index is 0.00327. The molecule has 0 radical (unpaired) electrons. The number of amides is 1. The SMILES string of the molecule is CN(C)[C@@H]1C(O)=C(C(N)=O)C(=O)[C@@]2(O)C(O)=C3C(=O)c4c(O)cc(CNC5CCC5)c(F)c4C[C@H]3C[C@@H]12. The number of Topliss-reactive ketones (excluding diaryl/α,β-unsaturated/α-hetero) is 2. The van der Waals surface area contributed by atoms with Gasteiger partial charge in [-0.15, -0.1) is 0 Å². The third-order valence-electron chi connectivity index (χ3n) is 8.42. The predicted octanol–water partition coefficient (Wildman–Crippen LogP) is 0.902. The van der Waals surface area contributed by atoms with Gasteiger partial charge in [0, 0.05) is 35.2 Å². The fraction of sp³-hybridized carbons (Fsp3) is 0.500. The summed E-state index contributed by atoms with van der Waals surface area (Å²) in [6.45, 7) is 0.179. The molecular formula is C26H30FN3O7. The molecular weight excluding hydrogens is 485 g/mol. The van der Waals surface area contributed by atoms with Crippen LogP contribution in [0.3, 0.4) is 0 Å². The Morgan fingerprint density at radius 3 is 2.49 bits per heavy atom. The van der Waals surface area contributed by atoms with E-state index in [1.807, 2.05) is 0 Å². The number of carbonyl (C=O) groups is 3. The van der Waals surface area contributed by atoms with Crippen molar-refractivity contribution in [2.24, 2.45) is 17.6 Å².